The number of carbonyl (C=O) groups is 1. The summed E-state index contributed by atoms with van der Waals surface area (Å²) in [7, 11) is 0. The number of carbonyl (C=O) groups excluding carboxylic acids is 1. The van der Waals surface area contributed by atoms with Crippen LogP contribution in [0.5, 0.6) is 0 Å². The highest BCUT2D eigenvalue weighted by Gasteiger charge is 2.15. The highest BCUT2D eigenvalue weighted by atomic mass is 16.1. The molecule has 66 valence electrons. The van der Waals surface area contributed by atoms with Crippen molar-refractivity contribution < 1.29 is 4.79 Å². The molecule has 0 unspecified atom stereocenters. The molecular formula is C12H12O. The number of hydrogen-bond donors (Lipinski definition) is 0. The number of hydrogen-bond acceptors (Lipinski definition) is 1. The Morgan fingerprint density at radius 2 is 1.92 bits per heavy atom. The average Bonchev–Trinajstić information content (AvgIpc) is 2.56. The van der Waals surface area contributed by atoms with E-state index in [2.05, 4.69) is 26.0 Å². The first-order valence-corrected chi connectivity index (χ1v) is 4.47. The minimum Gasteiger partial charge on any atom is -0.298 e. The Bertz CT molecular complexity index is 400. The third kappa shape index (κ3) is 1.21. The topological polar surface area (TPSA) is 17.1 Å². The number of aryl methyl sites for hydroxylation is 2. The molecule has 0 saturated heterocycles. The van der Waals surface area contributed by atoms with Crippen LogP contribution in [0.3, 0.4) is 0 Å². The molecule has 1 aromatic rings. The predicted octanol–water partition coefficient (Wildman–Crippen LogP) is 2.44. The summed E-state index contributed by atoms with van der Waals surface area (Å²) in [6.07, 6.45) is 3.77. The van der Waals surface area contributed by atoms with E-state index in [1.54, 1.807) is 0 Å². The minimum atomic E-state index is 0.812. The van der Waals surface area contributed by atoms with Crippen molar-refractivity contribution in [1.82, 2.24) is 0 Å². The fraction of sp³-hybridized carbons (Fsp3) is 0.250. The SMILES string of the molecule is Cc1ccc(C)c2c1C=C(C=O)C2. The summed E-state index contributed by atoms with van der Waals surface area (Å²) in [5, 5.41) is 0. The van der Waals surface area contributed by atoms with Crippen LogP contribution in [0.15, 0.2) is 17.7 Å². The van der Waals surface area contributed by atoms with E-state index in [0.717, 1.165) is 18.3 Å². The molecule has 13 heavy (non-hydrogen) atoms. The lowest BCUT2D eigenvalue weighted by Gasteiger charge is -2.05. The Hall–Kier alpha value is -1.37. The Kier molecular flexibility index (Phi) is 1.80. The second kappa shape index (κ2) is 2.84. The normalized spacial score (nSPS) is 13.8. The van der Waals surface area contributed by atoms with E-state index in [4.69, 9.17) is 0 Å². The summed E-state index contributed by atoms with van der Waals surface area (Å²) < 4.78 is 0. The molecule has 0 bridgehead atoms. The monoisotopic (exact) mass is 172 g/mol. The molecule has 1 heteroatoms. The Balaban J connectivity index is 2.60. The number of fused-ring (bicyclic) bond motifs is 1. The molecule has 0 atom stereocenters. The fourth-order valence-corrected chi connectivity index (χ4v) is 1.84. The molecule has 0 amide bonds. The van der Waals surface area contributed by atoms with E-state index in [-0.39, 0.29) is 0 Å². The van der Waals surface area contributed by atoms with Gasteiger partial charge in [0.2, 0.25) is 0 Å². The quantitative estimate of drug-likeness (QED) is 0.595. The van der Waals surface area contributed by atoms with Crippen molar-refractivity contribution in [2.75, 3.05) is 0 Å². The largest absolute Gasteiger partial charge is 0.298 e. The molecule has 0 saturated carbocycles. The van der Waals surface area contributed by atoms with Crippen LogP contribution in [0.25, 0.3) is 6.08 Å². The van der Waals surface area contributed by atoms with Gasteiger partial charge in [0.1, 0.15) is 6.29 Å². The van der Waals surface area contributed by atoms with Gasteiger partial charge in [-0.15, -0.1) is 0 Å². The maximum Gasteiger partial charge on any atom is 0.146 e. The first-order chi connectivity index (χ1) is 6.22. The summed E-state index contributed by atoms with van der Waals surface area (Å²) in [5.41, 5.74) is 6.02. The zero-order chi connectivity index (χ0) is 9.42. The zero-order valence-corrected chi connectivity index (χ0v) is 7.92. The van der Waals surface area contributed by atoms with E-state index < -0.39 is 0 Å². The summed E-state index contributed by atoms with van der Waals surface area (Å²) in [6, 6.07) is 4.23. The van der Waals surface area contributed by atoms with Gasteiger partial charge < -0.3 is 0 Å². The van der Waals surface area contributed by atoms with Gasteiger partial charge in [-0.2, -0.15) is 0 Å². The van der Waals surface area contributed by atoms with Gasteiger partial charge in [0.05, 0.1) is 0 Å². The Morgan fingerprint density at radius 1 is 1.23 bits per heavy atom. The van der Waals surface area contributed by atoms with Gasteiger partial charge in [-0.25, -0.2) is 0 Å². The molecule has 2 rings (SSSR count). The summed E-state index contributed by atoms with van der Waals surface area (Å²) in [5.74, 6) is 0. The van der Waals surface area contributed by atoms with Gasteiger partial charge in [0, 0.05) is 6.42 Å². The summed E-state index contributed by atoms with van der Waals surface area (Å²) in [6.45, 7) is 4.18. The number of allylic oxidation sites excluding steroid dienone is 1. The van der Waals surface area contributed by atoms with Crippen LogP contribution >= 0.6 is 0 Å². The average molecular weight is 172 g/mol. The van der Waals surface area contributed by atoms with Crippen molar-refractivity contribution in [3.63, 3.8) is 0 Å². The molecule has 1 aromatic carbocycles. The van der Waals surface area contributed by atoms with Gasteiger partial charge in [-0.3, -0.25) is 4.79 Å². The van der Waals surface area contributed by atoms with Gasteiger partial charge in [-0.05, 0) is 47.8 Å². The van der Waals surface area contributed by atoms with Crippen molar-refractivity contribution in [1.29, 1.82) is 0 Å². The lowest BCUT2D eigenvalue weighted by molar-refractivity contribution is -0.104. The molecule has 0 fully saturated rings. The van der Waals surface area contributed by atoms with E-state index in [0.29, 0.717) is 0 Å². The smallest absolute Gasteiger partial charge is 0.146 e. The number of benzene rings is 1. The lowest BCUT2D eigenvalue weighted by Crippen LogP contribution is -1.91. The molecule has 0 aliphatic heterocycles. The first kappa shape index (κ1) is 8.24. The van der Waals surface area contributed by atoms with E-state index in [9.17, 15) is 4.79 Å². The van der Waals surface area contributed by atoms with Crippen LogP contribution in [-0.4, -0.2) is 6.29 Å². The van der Waals surface area contributed by atoms with Crippen LogP contribution in [0.4, 0.5) is 0 Å². The molecule has 1 aliphatic carbocycles. The maximum absolute atomic E-state index is 10.6. The zero-order valence-electron chi connectivity index (χ0n) is 7.92. The second-order valence-electron chi connectivity index (χ2n) is 3.61. The highest BCUT2D eigenvalue weighted by Crippen LogP contribution is 2.29. The van der Waals surface area contributed by atoms with Gasteiger partial charge >= 0.3 is 0 Å². The fourth-order valence-electron chi connectivity index (χ4n) is 1.84. The third-order valence-electron chi connectivity index (χ3n) is 2.67. The van der Waals surface area contributed by atoms with Crippen LogP contribution < -0.4 is 0 Å². The molecule has 1 nitrogen and oxygen atoms in total. The van der Waals surface area contributed by atoms with Gasteiger partial charge in [0.15, 0.2) is 0 Å². The van der Waals surface area contributed by atoms with Crippen molar-refractivity contribution in [3.05, 3.63) is 40.0 Å². The number of aldehydes is 1. The van der Waals surface area contributed by atoms with E-state index >= 15 is 0 Å². The second-order valence-corrected chi connectivity index (χ2v) is 3.61. The predicted molar refractivity (Wildman–Crippen MR) is 53.7 cm³/mol. The molecule has 1 aliphatic rings. The molecule has 0 heterocycles. The summed E-state index contributed by atoms with van der Waals surface area (Å²) in [4.78, 5) is 10.6. The lowest BCUT2D eigenvalue weighted by atomic mass is 9.99. The minimum absolute atomic E-state index is 0.812. The van der Waals surface area contributed by atoms with Crippen LogP contribution in [0.1, 0.15) is 22.3 Å². The highest BCUT2D eigenvalue weighted by molar-refractivity contribution is 5.87. The van der Waals surface area contributed by atoms with Gasteiger partial charge in [0.25, 0.3) is 0 Å². The standard InChI is InChI=1S/C12H12O/c1-8-3-4-9(2)12-6-10(7-13)5-11(8)12/h3-5,7H,6H2,1-2H3. The third-order valence-corrected chi connectivity index (χ3v) is 2.67. The number of rotatable bonds is 1. The van der Waals surface area contributed by atoms with Crippen molar-refractivity contribution in [3.8, 4) is 0 Å². The summed E-state index contributed by atoms with van der Waals surface area (Å²) >= 11 is 0. The maximum atomic E-state index is 10.6. The van der Waals surface area contributed by atoms with Crippen LogP contribution in [-0.2, 0) is 11.2 Å². The van der Waals surface area contributed by atoms with E-state index in [1.807, 2.05) is 6.08 Å². The molecular weight excluding hydrogens is 160 g/mol. The molecule has 0 radical (unpaired) electrons. The van der Waals surface area contributed by atoms with Crippen LogP contribution in [0.2, 0.25) is 0 Å². The molecule has 0 N–H and O–H groups in total. The Labute approximate surface area is 78.1 Å². The molecule has 0 aromatic heterocycles. The molecule has 0 spiro atoms. The van der Waals surface area contributed by atoms with Crippen molar-refractivity contribution in [2.45, 2.75) is 20.3 Å². The Morgan fingerprint density at radius 3 is 2.54 bits per heavy atom. The van der Waals surface area contributed by atoms with Crippen LogP contribution in [0, 0.1) is 13.8 Å². The van der Waals surface area contributed by atoms with E-state index in [1.165, 1.54) is 22.3 Å². The van der Waals surface area contributed by atoms with Crippen molar-refractivity contribution >= 4 is 12.4 Å². The van der Waals surface area contributed by atoms with Gasteiger partial charge in [-0.1, -0.05) is 12.1 Å². The first-order valence-electron chi connectivity index (χ1n) is 4.47. The van der Waals surface area contributed by atoms with Crippen molar-refractivity contribution in [2.24, 2.45) is 0 Å².